The first-order chi connectivity index (χ1) is 9.86. The molecule has 20 heavy (non-hydrogen) atoms. The molecule has 0 N–H and O–H groups in total. The molecule has 100 valence electrons. The maximum Gasteiger partial charge on any atom is 0.162 e. The van der Waals surface area contributed by atoms with Crippen molar-refractivity contribution < 1.29 is 9.47 Å². The van der Waals surface area contributed by atoms with E-state index in [1.165, 1.54) is 0 Å². The Balaban J connectivity index is 1.90. The molecule has 1 aromatic carbocycles. The lowest BCUT2D eigenvalue weighted by Crippen LogP contribution is -2.15. The normalized spacial score (nSPS) is 12.8. The van der Waals surface area contributed by atoms with Gasteiger partial charge in [0, 0.05) is 24.6 Å². The molecule has 0 spiro atoms. The quantitative estimate of drug-likeness (QED) is 0.854. The van der Waals surface area contributed by atoms with Crippen molar-refractivity contribution in [2.45, 2.75) is 12.8 Å². The molecule has 0 saturated heterocycles. The molecule has 0 fully saturated rings. The van der Waals surface area contributed by atoms with E-state index in [4.69, 9.17) is 14.7 Å². The number of hydrogen-bond acceptors (Lipinski definition) is 5. The fraction of sp³-hybridized carbons (Fsp3) is 0.267. The Morgan fingerprint density at radius 3 is 2.85 bits per heavy atom. The van der Waals surface area contributed by atoms with Crippen LogP contribution in [0.15, 0.2) is 30.5 Å². The summed E-state index contributed by atoms with van der Waals surface area (Å²) >= 11 is 0. The third kappa shape index (κ3) is 2.54. The molecule has 5 heteroatoms. The van der Waals surface area contributed by atoms with Crippen LogP contribution in [0.1, 0.15) is 12.2 Å². The van der Waals surface area contributed by atoms with Crippen molar-refractivity contribution in [2.75, 3.05) is 13.2 Å². The maximum absolute atomic E-state index is 8.61. The molecule has 5 nitrogen and oxygen atoms in total. The molecule has 1 aromatic heterocycles. The van der Waals surface area contributed by atoms with Crippen LogP contribution in [0.3, 0.4) is 0 Å². The number of nitriles is 1. The van der Waals surface area contributed by atoms with Crippen molar-refractivity contribution in [1.29, 1.82) is 5.26 Å². The lowest BCUT2D eigenvalue weighted by molar-refractivity contribution is 0.171. The van der Waals surface area contributed by atoms with Crippen molar-refractivity contribution in [3.8, 4) is 28.8 Å². The van der Waals surface area contributed by atoms with E-state index in [1.54, 1.807) is 6.20 Å². The van der Waals surface area contributed by atoms with Crippen LogP contribution in [0.25, 0.3) is 11.3 Å². The van der Waals surface area contributed by atoms with Gasteiger partial charge in [0.2, 0.25) is 0 Å². The second kappa shape index (κ2) is 5.57. The van der Waals surface area contributed by atoms with Gasteiger partial charge in [-0.15, -0.1) is 0 Å². The fourth-order valence-corrected chi connectivity index (χ4v) is 2.05. The average Bonchev–Trinajstić information content (AvgIpc) is 2.53. The molecule has 0 unspecified atom stereocenters. The smallest absolute Gasteiger partial charge is 0.162 e. The van der Waals surface area contributed by atoms with Crippen molar-refractivity contribution in [1.82, 2.24) is 9.97 Å². The molecule has 2 heterocycles. The Kier molecular flexibility index (Phi) is 3.46. The van der Waals surface area contributed by atoms with Gasteiger partial charge in [-0.2, -0.15) is 5.26 Å². The van der Waals surface area contributed by atoms with E-state index < -0.39 is 0 Å². The van der Waals surface area contributed by atoms with Gasteiger partial charge < -0.3 is 9.47 Å². The standard InChI is InChI=1S/C15H13N3O2/c16-6-1-2-15-17-7-5-12(18-15)11-3-4-13-14(10-11)20-9-8-19-13/h3-5,7,10H,1-2,8-9H2. The van der Waals surface area contributed by atoms with Crippen LogP contribution in [0, 0.1) is 11.3 Å². The van der Waals surface area contributed by atoms with Crippen LogP contribution in [0.2, 0.25) is 0 Å². The highest BCUT2D eigenvalue weighted by atomic mass is 16.6. The van der Waals surface area contributed by atoms with Gasteiger partial charge in [-0.05, 0) is 24.3 Å². The Labute approximate surface area is 116 Å². The highest BCUT2D eigenvalue weighted by Gasteiger charge is 2.13. The molecule has 0 aliphatic carbocycles. The van der Waals surface area contributed by atoms with Gasteiger partial charge in [-0.3, -0.25) is 0 Å². The Hall–Kier alpha value is -2.61. The lowest BCUT2D eigenvalue weighted by Gasteiger charge is -2.18. The van der Waals surface area contributed by atoms with Crippen LogP contribution in [0.5, 0.6) is 11.5 Å². The third-order valence-corrected chi connectivity index (χ3v) is 3.00. The SMILES string of the molecule is N#CCCc1nccc(-c2ccc3c(c2)OCCO3)n1. The summed E-state index contributed by atoms with van der Waals surface area (Å²) in [5.74, 6) is 2.18. The number of nitrogens with zero attached hydrogens (tertiary/aromatic N) is 3. The minimum atomic E-state index is 0.421. The maximum atomic E-state index is 8.61. The van der Waals surface area contributed by atoms with Crippen molar-refractivity contribution in [3.63, 3.8) is 0 Å². The second-order valence-electron chi connectivity index (χ2n) is 4.37. The molecule has 0 radical (unpaired) electrons. The molecule has 0 atom stereocenters. The highest BCUT2D eigenvalue weighted by Crippen LogP contribution is 2.33. The molecule has 1 aliphatic rings. The van der Waals surface area contributed by atoms with E-state index in [0.29, 0.717) is 31.9 Å². The largest absolute Gasteiger partial charge is 0.486 e. The predicted molar refractivity (Wildman–Crippen MR) is 72.4 cm³/mol. The zero-order valence-electron chi connectivity index (χ0n) is 10.9. The summed E-state index contributed by atoms with van der Waals surface area (Å²) in [6.07, 6.45) is 2.70. The van der Waals surface area contributed by atoms with Crippen molar-refractivity contribution in [2.24, 2.45) is 0 Å². The predicted octanol–water partition coefficient (Wildman–Crippen LogP) is 2.37. The van der Waals surface area contributed by atoms with Gasteiger partial charge in [0.05, 0.1) is 11.8 Å². The van der Waals surface area contributed by atoms with Crippen LogP contribution in [-0.2, 0) is 6.42 Å². The summed E-state index contributed by atoms with van der Waals surface area (Å²) < 4.78 is 11.1. The number of hydrogen-bond donors (Lipinski definition) is 0. The Morgan fingerprint density at radius 2 is 2.00 bits per heavy atom. The summed E-state index contributed by atoms with van der Waals surface area (Å²) in [5, 5.41) is 8.61. The second-order valence-corrected chi connectivity index (χ2v) is 4.37. The first kappa shape index (κ1) is 12.4. The van der Waals surface area contributed by atoms with E-state index in [1.807, 2.05) is 24.3 Å². The van der Waals surface area contributed by atoms with Gasteiger partial charge in [-0.1, -0.05) is 0 Å². The molecule has 2 aromatic rings. The number of aromatic nitrogens is 2. The summed E-state index contributed by atoms with van der Waals surface area (Å²) in [7, 11) is 0. The van der Waals surface area contributed by atoms with Gasteiger partial charge in [0.25, 0.3) is 0 Å². The van der Waals surface area contributed by atoms with Gasteiger partial charge >= 0.3 is 0 Å². The molecule has 0 amide bonds. The van der Waals surface area contributed by atoms with E-state index in [-0.39, 0.29) is 0 Å². The zero-order valence-corrected chi connectivity index (χ0v) is 10.9. The van der Waals surface area contributed by atoms with Crippen LogP contribution < -0.4 is 9.47 Å². The zero-order chi connectivity index (χ0) is 13.8. The van der Waals surface area contributed by atoms with Crippen LogP contribution >= 0.6 is 0 Å². The number of rotatable bonds is 3. The summed E-state index contributed by atoms with van der Waals surface area (Å²) in [4.78, 5) is 8.64. The number of fused-ring (bicyclic) bond motifs is 1. The van der Waals surface area contributed by atoms with Gasteiger partial charge in [-0.25, -0.2) is 9.97 Å². The first-order valence-electron chi connectivity index (χ1n) is 6.46. The Bertz CT molecular complexity index is 664. The van der Waals surface area contributed by atoms with Gasteiger partial charge in [0.1, 0.15) is 19.0 Å². The monoisotopic (exact) mass is 267 g/mol. The van der Waals surface area contributed by atoms with Gasteiger partial charge in [0.15, 0.2) is 11.5 Å². The summed E-state index contributed by atoms with van der Waals surface area (Å²) in [6.45, 7) is 1.14. The minimum Gasteiger partial charge on any atom is -0.486 e. The van der Waals surface area contributed by atoms with E-state index in [2.05, 4.69) is 16.0 Å². The van der Waals surface area contributed by atoms with E-state index in [9.17, 15) is 0 Å². The molecule has 0 bridgehead atoms. The summed E-state index contributed by atoms with van der Waals surface area (Å²) in [5.41, 5.74) is 1.78. The average molecular weight is 267 g/mol. The van der Waals surface area contributed by atoms with E-state index >= 15 is 0 Å². The Morgan fingerprint density at radius 1 is 1.15 bits per heavy atom. The lowest BCUT2D eigenvalue weighted by atomic mass is 10.1. The molecular weight excluding hydrogens is 254 g/mol. The molecule has 0 saturated carbocycles. The number of ether oxygens (including phenoxy) is 2. The molecular formula is C15H13N3O2. The number of aryl methyl sites for hydroxylation is 1. The van der Waals surface area contributed by atoms with E-state index in [0.717, 1.165) is 22.8 Å². The van der Waals surface area contributed by atoms with Crippen molar-refractivity contribution >= 4 is 0 Å². The first-order valence-corrected chi connectivity index (χ1v) is 6.46. The summed E-state index contributed by atoms with van der Waals surface area (Å²) in [6, 6.07) is 9.71. The molecule has 3 rings (SSSR count). The van der Waals surface area contributed by atoms with Crippen LogP contribution in [0.4, 0.5) is 0 Å². The molecule has 1 aliphatic heterocycles. The van der Waals surface area contributed by atoms with Crippen molar-refractivity contribution in [3.05, 3.63) is 36.3 Å². The fourth-order valence-electron chi connectivity index (χ4n) is 2.05. The van der Waals surface area contributed by atoms with Crippen LogP contribution in [-0.4, -0.2) is 23.2 Å². The topological polar surface area (TPSA) is 68.0 Å². The number of benzene rings is 1. The highest BCUT2D eigenvalue weighted by molar-refractivity contribution is 5.63. The minimum absolute atomic E-state index is 0.421. The third-order valence-electron chi connectivity index (χ3n) is 3.00.